The molecule has 0 amide bonds. The molecule has 0 aliphatic rings. The van der Waals surface area contributed by atoms with Crippen LogP contribution in [0.4, 0.5) is 0 Å². The molecule has 60 valence electrons. The van der Waals surface area contributed by atoms with Crippen LogP contribution in [-0.2, 0) is 14.3 Å². The van der Waals surface area contributed by atoms with Gasteiger partial charge in [0.25, 0.3) is 0 Å². The summed E-state index contributed by atoms with van der Waals surface area (Å²) in [7, 11) is 0. The number of alkyl halides is 1. The van der Waals surface area contributed by atoms with Crippen LogP contribution >= 0.6 is 11.6 Å². The molecule has 10 heavy (non-hydrogen) atoms. The summed E-state index contributed by atoms with van der Waals surface area (Å²) in [5.41, 5.74) is 0. The lowest BCUT2D eigenvalue weighted by Gasteiger charge is -2.01. The molecule has 0 saturated carbocycles. The molecule has 0 aliphatic heterocycles. The van der Waals surface area contributed by atoms with Crippen LogP contribution in [0.5, 0.6) is 0 Å². The first kappa shape index (κ1) is 9.72. The topological polar surface area (TPSA) is 35.5 Å². The van der Waals surface area contributed by atoms with Crippen molar-refractivity contribution in [3.05, 3.63) is 0 Å². The number of rotatable bonds is 5. The molecule has 0 aromatic rings. The standard InChI is InChI=1S/C6H11ClO3/c1-2-9-3-4-10-6(8)5-7/h2-5H2,1H3. The summed E-state index contributed by atoms with van der Waals surface area (Å²) in [6, 6.07) is 0. The van der Waals surface area contributed by atoms with E-state index in [0.29, 0.717) is 19.8 Å². The number of hydrogen-bond acceptors (Lipinski definition) is 3. The molecule has 0 rings (SSSR count). The molecular weight excluding hydrogens is 156 g/mol. The fourth-order valence-electron chi connectivity index (χ4n) is 0.397. The molecule has 4 heteroatoms. The van der Waals surface area contributed by atoms with E-state index in [1.807, 2.05) is 6.92 Å². The van der Waals surface area contributed by atoms with Gasteiger partial charge in [-0.1, -0.05) is 0 Å². The Bertz CT molecular complexity index is 95.0. The van der Waals surface area contributed by atoms with Crippen LogP contribution in [0.25, 0.3) is 0 Å². The fraction of sp³-hybridized carbons (Fsp3) is 0.833. The number of carbonyl (C=O) groups is 1. The third-order valence-corrected chi connectivity index (χ3v) is 1.02. The molecular formula is C6H11ClO3. The van der Waals surface area contributed by atoms with Crippen molar-refractivity contribution in [3.8, 4) is 0 Å². The van der Waals surface area contributed by atoms with Gasteiger partial charge in [0.05, 0.1) is 6.61 Å². The van der Waals surface area contributed by atoms with Gasteiger partial charge >= 0.3 is 5.97 Å². The van der Waals surface area contributed by atoms with Crippen molar-refractivity contribution in [1.82, 2.24) is 0 Å². The second-order valence-corrected chi connectivity index (χ2v) is 1.82. The van der Waals surface area contributed by atoms with E-state index in [2.05, 4.69) is 4.74 Å². The summed E-state index contributed by atoms with van der Waals surface area (Å²) < 4.78 is 9.51. The summed E-state index contributed by atoms with van der Waals surface area (Å²) >= 11 is 5.15. The monoisotopic (exact) mass is 166 g/mol. The quantitative estimate of drug-likeness (QED) is 0.345. The van der Waals surface area contributed by atoms with Crippen molar-refractivity contribution in [3.63, 3.8) is 0 Å². The normalized spacial score (nSPS) is 9.40. The van der Waals surface area contributed by atoms with Gasteiger partial charge in [-0.15, -0.1) is 11.6 Å². The Morgan fingerprint density at radius 3 is 2.70 bits per heavy atom. The number of ether oxygens (including phenoxy) is 2. The summed E-state index contributed by atoms with van der Waals surface area (Å²) in [5.74, 6) is -0.493. The summed E-state index contributed by atoms with van der Waals surface area (Å²) in [6.07, 6.45) is 0. The van der Waals surface area contributed by atoms with E-state index in [1.54, 1.807) is 0 Å². The third-order valence-electron chi connectivity index (χ3n) is 0.804. The van der Waals surface area contributed by atoms with Crippen molar-refractivity contribution in [1.29, 1.82) is 0 Å². The summed E-state index contributed by atoms with van der Waals surface area (Å²) in [5, 5.41) is 0. The first-order chi connectivity index (χ1) is 4.81. The van der Waals surface area contributed by atoms with Gasteiger partial charge in [-0.3, -0.25) is 4.79 Å². The van der Waals surface area contributed by atoms with Crippen LogP contribution in [0, 0.1) is 0 Å². The lowest BCUT2D eigenvalue weighted by molar-refractivity contribution is -0.142. The maximum Gasteiger partial charge on any atom is 0.320 e. The number of carbonyl (C=O) groups excluding carboxylic acids is 1. The fourth-order valence-corrected chi connectivity index (χ4v) is 0.474. The highest BCUT2D eigenvalue weighted by molar-refractivity contribution is 6.26. The van der Waals surface area contributed by atoms with Gasteiger partial charge in [0.2, 0.25) is 0 Å². The maximum atomic E-state index is 10.4. The highest BCUT2D eigenvalue weighted by Gasteiger charge is 1.97. The van der Waals surface area contributed by atoms with Crippen LogP contribution in [0.2, 0.25) is 0 Å². The van der Waals surface area contributed by atoms with E-state index in [1.165, 1.54) is 0 Å². The van der Waals surface area contributed by atoms with E-state index < -0.39 is 5.97 Å². The zero-order valence-electron chi connectivity index (χ0n) is 5.93. The lowest BCUT2D eigenvalue weighted by Crippen LogP contribution is -2.11. The predicted molar refractivity (Wildman–Crippen MR) is 38.2 cm³/mol. The molecule has 0 aromatic heterocycles. The average molecular weight is 167 g/mol. The van der Waals surface area contributed by atoms with Crippen LogP contribution < -0.4 is 0 Å². The minimum absolute atomic E-state index is 0.0911. The van der Waals surface area contributed by atoms with Gasteiger partial charge in [0.1, 0.15) is 12.5 Å². The van der Waals surface area contributed by atoms with Crippen LogP contribution in [0.3, 0.4) is 0 Å². The number of esters is 1. The smallest absolute Gasteiger partial charge is 0.320 e. The van der Waals surface area contributed by atoms with E-state index in [-0.39, 0.29) is 5.88 Å². The third kappa shape index (κ3) is 5.85. The molecule has 0 radical (unpaired) electrons. The number of halogens is 1. The Labute approximate surface area is 65.3 Å². The van der Waals surface area contributed by atoms with Crippen molar-refractivity contribution in [2.24, 2.45) is 0 Å². The van der Waals surface area contributed by atoms with E-state index in [9.17, 15) is 4.79 Å². The molecule has 0 heterocycles. The second kappa shape index (κ2) is 6.83. The van der Waals surface area contributed by atoms with Gasteiger partial charge in [0.15, 0.2) is 0 Å². The van der Waals surface area contributed by atoms with Gasteiger partial charge in [-0.25, -0.2) is 0 Å². The molecule has 0 N–H and O–H groups in total. The number of hydrogen-bond donors (Lipinski definition) is 0. The highest BCUT2D eigenvalue weighted by Crippen LogP contribution is 1.83. The molecule has 0 unspecified atom stereocenters. The van der Waals surface area contributed by atoms with Gasteiger partial charge in [-0.2, -0.15) is 0 Å². The van der Waals surface area contributed by atoms with E-state index in [0.717, 1.165) is 0 Å². The predicted octanol–water partition coefficient (Wildman–Crippen LogP) is 0.805. The van der Waals surface area contributed by atoms with Gasteiger partial charge in [0, 0.05) is 6.61 Å². The second-order valence-electron chi connectivity index (χ2n) is 1.55. The molecule has 0 fully saturated rings. The molecule has 0 spiro atoms. The van der Waals surface area contributed by atoms with Crippen molar-refractivity contribution >= 4 is 17.6 Å². The van der Waals surface area contributed by atoms with Crippen molar-refractivity contribution in [2.45, 2.75) is 6.92 Å². The van der Waals surface area contributed by atoms with Crippen LogP contribution in [-0.4, -0.2) is 31.7 Å². The lowest BCUT2D eigenvalue weighted by atomic mass is 10.7. The summed E-state index contributed by atoms with van der Waals surface area (Å²) in [6.45, 7) is 3.25. The molecule has 0 atom stereocenters. The Hall–Kier alpha value is -0.280. The van der Waals surface area contributed by atoms with E-state index >= 15 is 0 Å². The molecule has 3 nitrogen and oxygen atoms in total. The minimum Gasteiger partial charge on any atom is -0.462 e. The Kier molecular flexibility index (Phi) is 6.64. The first-order valence-electron chi connectivity index (χ1n) is 3.10. The van der Waals surface area contributed by atoms with Crippen LogP contribution in [0.15, 0.2) is 0 Å². The largest absolute Gasteiger partial charge is 0.462 e. The van der Waals surface area contributed by atoms with E-state index in [4.69, 9.17) is 16.3 Å². The summed E-state index contributed by atoms with van der Waals surface area (Å²) in [4.78, 5) is 10.4. The Morgan fingerprint density at radius 2 is 2.20 bits per heavy atom. The SMILES string of the molecule is CCOCCOC(=O)CCl. The zero-order chi connectivity index (χ0) is 7.82. The highest BCUT2D eigenvalue weighted by atomic mass is 35.5. The maximum absolute atomic E-state index is 10.4. The van der Waals surface area contributed by atoms with Crippen molar-refractivity contribution < 1.29 is 14.3 Å². The average Bonchev–Trinajstić information content (AvgIpc) is 1.98. The molecule has 0 bridgehead atoms. The molecule has 0 aliphatic carbocycles. The minimum atomic E-state index is -0.402. The molecule has 0 saturated heterocycles. The van der Waals surface area contributed by atoms with Gasteiger partial charge < -0.3 is 9.47 Å². The Balaban J connectivity index is 2.96. The Morgan fingerprint density at radius 1 is 1.50 bits per heavy atom. The van der Waals surface area contributed by atoms with Gasteiger partial charge in [-0.05, 0) is 6.92 Å². The first-order valence-corrected chi connectivity index (χ1v) is 3.64. The van der Waals surface area contributed by atoms with Crippen molar-refractivity contribution in [2.75, 3.05) is 25.7 Å². The van der Waals surface area contributed by atoms with Crippen LogP contribution in [0.1, 0.15) is 6.92 Å². The zero-order valence-corrected chi connectivity index (χ0v) is 6.69. The molecule has 0 aromatic carbocycles.